The van der Waals surface area contributed by atoms with Gasteiger partial charge in [-0.1, -0.05) is 25.1 Å². The fourth-order valence-electron chi connectivity index (χ4n) is 3.36. The Kier molecular flexibility index (Phi) is 5.89. The van der Waals surface area contributed by atoms with Crippen LogP contribution in [0.3, 0.4) is 0 Å². The predicted octanol–water partition coefficient (Wildman–Crippen LogP) is 2.51. The zero-order chi connectivity index (χ0) is 16.9. The van der Waals surface area contributed by atoms with Crippen molar-refractivity contribution in [1.29, 1.82) is 0 Å². The molecule has 2 unspecified atom stereocenters. The lowest BCUT2D eigenvalue weighted by atomic mass is 10.1. The number of aliphatic hydroxyl groups excluding tert-OH is 1. The van der Waals surface area contributed by atoms with Crippen LogP contribution in [0.5, 0.6) is 0 Å². The molecular formula is C19H28N2O3. The quantitative estimate of drug-likeness (QED) is 0.844. The fraction of sp³-hybridized carbons (Fsp3) is 0.579. The van der Waals surface area contributed by atoms with Crippen molar-refractivity contribution in [3.8, 4) is 0 Å². The summed E-state index contributed by atoms with van der Waals surface area (Å²) in [6, 6.07) is 10.3. The number of ether oxygens (including phenoxy) is 1. The van der Waals surface area contributed by atoms with E-state index in [9.17, 15) is 5.11 Å². The summed E-state index contributed by atoms with van der Waals surface area (Å²) in [5.74, 6) is 0.955. The molecule has 0 bridgehead atoms. The molecular weight excluding hydrogens is 304 g/mol. The van der Waals surface area contributed by atoms with Crippen molar-refractivity contribution in [1.82, 2.24) is 9.80 Å². The Labute approximate surface area is 143 Å². The molecule has 5 nitrogen and oxygen atoms in total. The molecule has 24 heavy (non-hydrogen) atoms. The standard InChI is InChI=1S/C19H28N2O3/c1-3-21(14-17(22)13-20-8-10-23-11-9-20)15(2)19-12-16-6-4-5-7-18(16)24-19/h4-7,12,15,17,22H,3,8-11,13-14H2,1-2H3. The van der Waals surface area contributed by atoms with E-state index in [1.54, 1.807) is 0 Å². The third-order valence-electron chi connectivity index (χ3n) is 4.83. The Morgan fingerprint density at radius 3 is 2.71 bits per heavy atom. The molecule has 2 heterocycles. The lowest BCUT2D eigenvalue weighted by Crippen LogP contribution is -2.45. The van der Waals surface area contributed by atoms with E-state index in [1.165, 1.54) is 0 Å². The highest BCUT2D eigenvalue weighted by molar-refractivity contribution is 5.77. The molecule has 0 amide bonds. The highest BCUT2D eigenvalue weighted by atomic mass is 16.5. The summed E-state index contributed by atoms with van der Waals surface area (Å²) in [4.78, 5) is 4.54. The zero-order valence-electron chi connectivity index (χ0n) is 14.6. The molecule has 3 rings (SSSR count). The molecule has 0 spiro atoms. The molecule has 5 heteroatoms. The molecule has 1 aliphatic rings. The van der Waals surface area contributed by atoms with Crippen LogP contribution in [0.15, 0.2) is 34.7 Å². The van der Waals surface area contributed by atoms with Crippen molar-refractivity contribution < 1.29 is 14.3 Å². The minimum atomic E-state index is -0.366. The second kappa shape index (κ2) is 8.12. The van der Waals surface area contributed by atoms with Crippen LogP contribution in [-0.2, 0) is 4.74 Å². The van der Waals surface area contributed by atoms with Gasteiger partial charge in [0.25, 0.3) is 0 Å². The van der Waals surface area contributed by atoms with Crippen molar-refractivity contribution in [3.63, 3.8) is 0 Å². The SMILES string of the molecule is CCN(CC(O)CN1CCOCC1)C(C)c1cc2ccccc2o1. The lowest BCUT2D eigenvalue weighted by Gasteiger charge is -2.32. The molecule has 1 aromatic heterocycles. The minimum Gasteiger partial charge on any atom is -0.459 e. The van der Waals surface area contributed by atoms with E-state index in [-0.39, 0.29) is 12.1 Å². The summed E-state index contributed by atoms with van der Waals surface area (Å²) >= 11 is 0. The van der Waals surface area contributed by atoms with Crippen molar-refractivity contribution in [3.05, 3.63) is 36.1 Å². The van der Waals surface area contributed by atoms with Crippen LogP contribution in [0.4, 0.5) is 0 Å². The summed E-state index contributed by atoms with van der Waals surface area (Å²) < 4.78 is 11.4. The van der Waals surface area contributed by atoms with Gasteiger partial charge >= 0.3 is 0 Å². The fourth-order valence-corrected chi connectivity index (χ4v) is 3.36. The summed E-state index contributed by atoms with van der Waals surface area (Å²) in [5, 5.41) is 11.6. The Hall–Kier alpha value is -1.40. The molecule has 1 aromatic carbocycles. The Bertz CT molecular complexity index is 603. The molecule has 2 atom stereocenters. The topological polar surface area (TPSA) is 49.1 Å². The number of furan rings is 1. The van der Waals surface area contributed by atoms with E-state index in [0.717, 1.165) is 49.6 Å². The second-order valence-corrected chi connectivity index (χ2v) is 6.52. The third kappa shape index (κ3) is 4.16. The molecule has 0 radical (unpaired) electrons. The maximum atomic E-state index is 10.5. The van der Waals surface area contributed by atoms with Crippen LogP contribution >= 0.6 is 0 Å². The molecule has 1 N–H and O–H groups in total. The zero-order valence-corrected chi connectivity index (χ0v) is 14.6. The van der Waals surface area contributed by atoms with Gasteiger partial charge in [0.1, 0.15) is 11.3 Å². The number of para-hydroxylation sites is 1. The number of fused-ring (bicyclic) bond motifs is 1. The van der Waals surface area contributed by atoms with Gasteiger partial charge in [-0.05, 0) is 25.6 Å². The van der Waals surface area contributed by atoms with Crippen LogP contribution in [0.1, 0.15) is 25.6 Å². The Morgan fingerprint density at radius 1 is 1.25 bits per heavy atom. The highest BCUT2D eigenvalue weighted by Crippen LogP contribution is 2.27. The van der Waals surface area contributed by atoms with E-state index in [1.807, 2.05) is 18.2 Å². The van der Waals surface area contributed by atoms with Gasteiger partial charge < -0.3 is 14.3 Å². The summed E-state index contributed by atoms with van der Waals surface area (Å²) in [6.07, 6.45) is -0.366. The van der Waals surface area contributed by atoms with Gasteiger partial charge in [0, 0.05) is 31.6 Å². The second-order valence-electron chi connectivity index (χ2n) is 6.52. The molecule has 0 aliphatic carbocycles. The smallest absolute Gasteiger partial charge is 0.134 e. The molecule has 1 saturated heterocycles. The number of nitrogens with zero attached hydrogens (tertiary/aromatic N) is 2. The summed E-state index contributed by atoms with van der Waals surface area (Å²) in [5.41, 5.74) is 0.921. The van der Waals surface area contributed by atoms with Crippen molar-refractivity contribution in [2.45, 2.75) is 26.0 Å². The molecule has 1 fully saturated rings. The van der Waals surface area contributed by atoms with E-state index >= 15 is 0 Å². The third-order valence-corrected chi connectivity index (χ3v) is 4.83. The highest BCUT2D eigenvalue weighted by Gasteiger charge is 2.22. The van der Waals surface area contributed by atoms with Gasteiger partial charge in [-0.3, -0.25) is 9.80 Å². The monoisotopic (exact) mass is 332 g/mol. The van der Waals surface area contributed by atoms with Gasteiger partial charge in [0.2, 0.25) is 0 Å². The number of aliphatic hydroxyl groups is 1. The first kappa shape index (κ1) is 17.4. The van der Waals surface area contributed by atoms with Crippen LogP contribution in [0, 0.1) is 0 Å². The number of likely N-dealkylation sites (N-methyl/N-ethyl adjacent to an activating group) is 1. The Balaban J connectivity index is 1.61. The van der Waals surface area contributed by atoms with Gasteiger partial charge in [-0.25, -0.2) is 0 Å². The number of benzene rings is 1. The van der Waals surface area contributed by atoms with Crippen LogP contribution in [0.25, 0.3) is 11.0 Å². The molecule has 1 aliphatic heterocycles. The number of hydrogen-bond acceptors (Lipinski definition) is 5. The molecule has 0 saturated carbocycles. The molecule has 132 valence electrons. The number of hydrogen-bond donors (Lipinski definition) is 1. The van der Waals surface area contributed by atoms with Crippen molar-refractivity contribution in [2.75, 3.05) is 45.9 Å². The summed E-state index contributed by atoms with van der Waals surface area (Å²) in [6.45, 7) is 9.82. The maximum absolute atomic E-state index is 10.5. The number of rotatable bonds is 7. The van der Waals surface area contributed by atoms with Crippen LogP contribution in [0.2, 0.25) is 0 Å². The first-order chi connectivity index (χ1) is 11.7. The van der Waals surface area contributed by atoms with Crippen LogP contribution < -0.4 is 0 Å². The lowest BCUT2D eigenvalue weighted by molar-refractivity contribution is 0.00338. The van der Waals surface area contributed by atoms with Crippen molar-refractivity contribution in [2.24, 2.45) is 0 Å². The number of β-amino-alcohol motifs (C(OH)–C–C–N with tert-alkyl or cyclic N) is 1. The van der Waals surface area contributed by atoms with E-state index in [0.29, 0.717) is 13.1 Å². The van der Waals surface area contributed by atoms with Gasteiger partial charge in [0.15, 0.2) is 0 Å². The number of morpholine rings is 1. The van der Waals surface area contributed by atoms with E-state index < -0.39 is 0 Å². The first-order valence-corrected chi connectivity index (χ1v) is 8.88. The Morgan fingerprint density at radius 2 is 2.00 bits per heavy atom. The van der Waals surface area contributed by atoms with Crippen LogP contribution in [-0.4, -0.2) is 66.9 Å². The normalized spacial score (nSPS) is 19.0. The average Bonchev–Trinajstić information content (AvgIpc) is 3.04. The predicted molar refractivity (Wildman–Crippen MR) is 95.1 cm³/mol. The largest absolute Gasteiger partial charge is 0.459 e. The van der Waals surface area contributed by atoms with Crippen molar-refractivity contribution >= 4 is 11.0 Å². The average molecular weight is 332 g/mol. The summed E-state index contributed by atoms with van der Waals surface area (Å²) in [7, 11) is 0. The molecule has 2 aromatic rings. The maximum Gasteiger partial charge on any atom is 0.134 e. The van der Waals surface area contributed by atoms with E-state index in [4.69, 9.17) is 9.15 Å². The van der Waals surface area contributed by atoms with E-state index in [2.05, 4.69) is 35.8 Å². The van der Waals surface area contributed by atoms with Gasteiger partial charge in [-0.2, -0.15) is 0 Å². The first-order valence-electron chi connectivity index (χ1n) is 8.88. The van der Waals surface area contributed by atoms with Gasteiger partial charge in [-0.15, -0.1) is 0 Å². The minimum absolute atomic E-state index is 0.140. The van der Waals surface area contributed by atoms with Gasteiger partial charge in [0.05, 0.1) is 25.4 Å².